The monoisotopic (exact) mass is 310 g/mol. The highest BCUT2D eigenvalue weighted by molar-refractivity contribution is 9.10. The van der Waals surface area contributed by atoms with E-state index >= 15 is 0 Å². The Morgan fingerprint density at radius 1 is 1.44 bits per heavy atom. The van der Waals surface area contributed by atoms with Crippen LogP contribution in [-0.2, 0) is 4.79 Å². The van der Waals surface area contributed by atoms with E-state index in [1.165, 1.54) is 11.6 Å². The molecule has 0 bridgehead atoms. The molecule has 1 aromatic carbocycles. The van der Waals surface area contributed by atoms with Gasteiger partial charge in [-0.15, -0.1) is 0 Å². The molecule has 3 nitrogen and oxygen atoms in total. The molecule has 0 radical (unpaired) electrons. The molecule has 18 heavy (non-hydrogen) atoms. The highest BCUT2D eigenvalue weighted by atomic mass is 79.9. The summed E-state index contributed by atoms with van der Waals surface area (Å²) in [5, 5.41) is 8.54. The molecular weight excluding hydrogens is 296 g/mol. The zero-order valence-corrected chi connectivity index (χ0v) is 11.9. The van der Waals surface area contributed by atoms with Crippen LogP contribution in [0.3, 0.4) is 0 Å². The highest BCUT2D eigenvalue weighted by Gasteiger charge is 2.01. The lowest BCUT2D eigenvalue weighted by atomic mass is 10.2. The van der Waals surface area contributed by atoms with Crippen LogP contribution in [0, 0.1) is 0 Å². The van der Waals surface area contributed by atoms with Gasteiger partial charge in [-0.3, -0.25) is 0 Å². The fourth-order valence-electron chi connectivity index (χ4n) is 1.20. The van der Waals surface area contributed by atoms with Gasteiger partial charge in [-0.2, -0.15) is 0 Å². The average Bonchev–Trinajstić information content (AvgIpc) is 2.28. The van der Waals surface area contributed by atoms with E-state index in [1.54, 1.807) is 0 Å². The molecule has 0 atom stereocenters. The fraction of sp³-hybridized carbons (Fsp3) is 0.214. The molecule has 0 saturated carbocycles. The number of halogens is 1. The van der Waals surface area contributed by atoms with Gasteiger partial charge in [0.2, 0.25) is 0 Å². The number of rotatable bonds is 5. The molecule has 0 heterocycles. The summed E-state index contributed by atoms with van der Waals surface area (Å²) in [6, 6.07) is 5.43. The molecule has 96 valence electrons. The number of aliphatic carboxylic acids is 1. The first-order chi connectivity index (χ1) is 8.49. The Balaban J connectivity index is 2.73. The number of benzene rings is 1. The Kier molecular flexibility index (Phi) is 5.65. The van der Waals surface area contributed by atoms with Crippen LogP contribution in [-0.4, -0.2) is 17.7 Å². The van der Waals surface area contributed by atoms with E-state index in [1.807, 2.05) is 38.1 Å². The van der Waals surface area contributed by atoms with Crippen molar-refractivity contribution in [3.8, 4) is 5.75 Å². The number of carboxylic acid groups (broad SMARTS) is 1. The third kappa shape index (κ3) is 5.19. The third-order valence-electron chi connectivity index (χ3n) is 2.10. The molecule has 1 aromatic rings. The van der Waals surface area contributed by atoms with Gasteiger partial charge < -0.3 is 9.84 Å². The van der Waals surface area contributed by atoms with Crippen molar-refractivity contribution >= 4 is 28.0 Å². The molecule has 1 N–H and O–H groups in total. The summed E-state index contributed by atoms with van der Waals surface area (Å²) < 4.78 is 6.37. The third-order valence-corrected chi connectivity index (χ3v) is 2.72. The number of hydrogen-bond donors (Lipinski definition) is 1. The highest BCUT2D eigenvalue weighted by Crippen LogP contribution is 2.26. The van der Waals surface area contributed by atoms with Crippen LogP contribution in [0.2, 0.25) is 0 Å². The standard InChI is InChI=1S/C14H15BrO3/c1-10(2)7-8-18-13-5-3-11(9-12(13)15)4-6-14(16)17/h3-7,9H,8H2,1-2H3,(H,16,17). The van der Waals surface area contributed by atoms with Crippen LogP contribution >= 0.6 is 15.9 Å². The Hall–Kier alpha value is -1.55. The SMILES string of the molecule is CC(C)=CCOc1ccc(C=CC(=O)O)cc1Br. The first-order valence-corrected chi connectivity index (χ1v) is 6.25. The minimum Gasteiger partial charge on any atom is -0.488 e. The van der Waals surface area contributed by atoms with Crippen molar-refractivity contribution in [3.05, 3.63) is 46.0 Å². The van der Waals surface area contributed by atoms with Crippen LogP contribution in [0.1, 0.15) is 19.4 Å². The van der Waals surface area contributed by atoms with E-state index in [0.29, 0.717) is 6.61 Å². The summed E-state index contributed by atoms with van der Waals surface area (Å²) >= 11 is 3.39. The maximum absolute atomic E-state index is 10.4. The lowest BCUT2D eigenvalue weighted by Gasteiger charge is -2.06. The van der Waals surface area contributed by atoms with Gasteiger partial charge in [0.05, 0.1) is 4.47 Å². The van der Waals surface area contributed by atoms with E-state index < -0.39 is 5.97 Å². The van der Waals surface area contributed by atoms with Crippen molar-refractivity contribution in [2.75, 3.05) is 6.61 Å². The van der Waals surface area contributed by atoms with Gasteiger partial charge in [-0.1, -0.05) is 11.6 Å². The molecular formula is C14H15BrO3. The van der Waals surface area contributed by atoms with Crippen molar-refractivity contribution in [1.82, 2.24) is 0 Å². The first kappa shape index (κ1) is 14.5. The van der Waals surface area contributed by atoms with Crippen molar-refractivity contribution in [3.63, 3.8) is 0 Å². The Labute approximate surface area is 115 Å². The van der Waals surface area contributed by atoms with Crippen molar-refractivity contribution in [1.29, 1.82) is 0 Å². The Morgan fingerprint density at radius 3 is 2.72 bits per heavy atom. The van der Waals surface area contributed by atoms with E-state index in [4.69, 9.17) is 9.84 Å². The lowest BCUT2D eigenvalue weighted by molar-refractivity contribution is -0.131. The van der Waals surface area contributed by atoms with Gasteiger partial charge in [0.1, 0.15) is 12.4 Å². The second-order valence-electron chi connectivity index (χ2n) is 3.95. The number of carbonyl (C=O) groups is 1. The molecule has 0 unspecified atom stereocenters. The molecule has 0 spiro atoms. The molecule has 0 aliphatic rings. The summed E-state index contributed by atoms with van der Waals surface area (Å²) in [7, 11) is 0. The van der Waals surface area contributed by atoms with E-state index in [9.17, 15) is 4.79 Å². The Morgan fingerprint density at radius 2 is 2.17 bits per heavy atom. The summed E-state index contributed by atoms with van der Waals surface area (Å²) in [6.07, 6.45) is 4.63. The van der Waals surface area contributed by atoms with E-state index in [2.05, 4.69) is 15.9 Å². The van der Waals surface area contributed by atoms with Crippen molar-refractivity contribution < 1.29 is 14.6 Å². The average molecular weight is 311 g/mol. The summed E-state index contributed by atoms with van der Waals surface area (Å²) in [5.74, 6) is -0.227. The number of allylic oxidation sites excluding steroid dienone is 1. The smallest absolute Gasteiger partial charge is 0.328 e. The first-order valence-electron chi connectivity index (χ1n) is 5.46. The van der Waals surface area contributed by atoms with E-state index in [0.717, 1.165) is 21.9 Å². The number of ether oxygens (including phenoxy) is 1. The molecule has 0 aliphatic heterocycles. The van der Waals surface area contributed by atoms with Crippen LogP contribution in [0.5, 0.6) is 5.75 Å². The fourth-order valence-corrected chi connectivity index (χ4v) is 1.71. The zero-order valence-electron chi connectivity index (χ0n) is 10.3. The van der Waals surface area contributed by atoms with Gasteiger partial charge in [0.15, 0.2) is 0 Å². The number of carboxylic acids is 1. The maximum atomic E-state index is 10.4. The molecule has 0 saturated heterocycles. The minimum absolute atomic E-state index is 0.519. The van der Waals surface area contributed by atoms with Crippen LogP contribution < -0.4 is 4.74 Å². The normalized spacial score (nSPS) is 10.4. The topological polar surface area (TPSA) is 46.5 Å². The molecule has 4 heteroatoms. The molecule has 0 fully saturated rings. The predicted molar refractivity (Wildman–Crippen MR) is 75.7 cm³/mol. The molecule has 0 amide bonds. The van der Waals surface area contributed by atoms with Gasteiger partial charge in [0, 0.05) is 6.08 Å². The second-order valence-corrected chi connectivity index (χ2v) is 4.81. The largest absolute Gasteiger partial charge is 0.488 e. The van der Waals surface area contributed by atoms with Gasteiger partial charge in [-0.05, 0) is 59.6 Å². The van der Waals surface area contributed by atoms with Gasteiger partial charge >= 0.3 is 5.97 Å². The van der Waals surface area contributed by atoms with E-state index in [-0.39, 0.29) is 0 Å². The molecule has 0 aromatic heterocycles. The minimum atomic E-state index is -0.963. The molecule has 0 aliphatic carbocycles. The predicted octanol–water partition coefficient (Wildman–Crippen LogP) is 3.89. The van der Waals surface area contributed by atoms with Gasteiger partial charge in [0.25, 0.3) is 0 Å². The van der Waals surface area contributed by atoms with Crippen LogP contribution in [0.4, 0.5) is 0 Å². The quantitative estimate of drug-likeness (QED) is 0.663. The van der Waals surface area contributed by atoms with Crippen molar-refractivity contribution in [2.24, 2.45) is 0 Å². The maximum Gasteiger partial charge on any atom is 0.328 e. The molecule has 1 rings (SSSR count). The number of hydrogen-bond acceptors (Lipinski definition) is 2. The van der Waals surface area contributed by atoms with Crippen LogP contribution in [0.15, 0.2) is 40.4 Å². The van der Waals surface area contributed by atoms with Crippen molar-refractivity contribution in [2.45, 2.75) is 13.8 Å². The zero-order chi connectivity index (χ0) is 13.5. The lowest BCUT2D eigenvalue weighted by Crippen LogP contribution is -1.95. The summed E-state index contributed by atoms with van der Waals surface area (Å²) in [4.78, 5) is 10.4. The Bertz CT molecular complexity index is 486. The van der Waals surface area contributed by atoms with Gasteiger partial charge in [-0.25, -0.2) is 4.79 Å². The summed E-state index contributed by atoms with van der Waals surface area (Å²) in [5.41, 5.74) is 2.01. The second kappa shape index (κ2) is 7.01. The summed E-state index contributed by atoms with van der Waals surface area (Å²) in [6.45, 7) is 4.54. The van der Waals surface area contributed by atoms with Crippen LogP contribution in [0.25, 0.3) is 6.08 Å².